The lowest BCUT2D eigenvalue weighted by molar-refractivity contribution is 0.0912. The first-order chi connectivity index (χ1) is 13.2. The van der Waals surface area contributed by atoms with E-state index in [1.165, 1.54) is 0 Å². The number of H-pyrrole nitrogens is 1. The summed E-state index contributed by atoms with van der Waals surface area (Å²) in [6.07, 6.45) is 7.86. The summed E-state index contributed by atoms with van der Waals surface area (Å²) in [7, 11) is 0. The zero-order valence-corrected chi connectivity index (χ0v) is 15.2. The van der Waals surface area contributed by atoms with Gasteiger partial charge in [-0.1, -0.05) is 24.1 Å². The van der Waals surface area contributed by atoms with Crippen LogP contribution >= 0.6 is 0 Å². The van der Waals surface area contributed by atoms with Gasteiger partial charge in [0, 0.05) is 22.7 Å². The standard InChI is InChI=1S/C22H22N2O3/c1-3-15-9-10-21(27-4-2)19(11-15)22(26)24-17(14-25)12-16-13-23-20-8-6-5-7-18(16)20/h1,5-11,13,17,23,25H,4,12,14H2,2H3,(H,24,26). The van der Waals surface area contributed by atoms with Crippen LogP contribution < -0.4 is 10.1 Å². The molecule has 0 radical (unpaired) electrons. The van der Waals surface area contributed by atoms with Crippen LogP contribution in [0.5, 0.6) is 5.75 Å². The summed E-state index contributed by atoms with van der Waals surface area (Å²) in [6.45, 7) is 2.11. The molecule has 5 nitrogen and oxygen atoms in total. The predicted molar refractivity (Wildman–Crippen MR) is 106 cm³/mol. The number of aliphatic hydroxyl groups is 1. The van der Waals surface area contributed by atoms with E-state index in [1.807, 2.05) is 37.4 Å². The molecule has 3 aromatic rings. The Morgan fingerprint density at radius 3 is 2.89 bits per heavy atom. The number of nitrogens with one attached hydrogen (secondary N) is 2. The van der Waals surface area contributed by atoms with Crippen molar-refractivity contribution in [1.29, 1.82) is 0 Å². The van der Waals surface area contributed by atoms with Gasteiger partial charge in [-0.2, -0.15) is 0 Å². The van der Waals surface area contributed by atoms with Crippen molar-refractivity contribution in [3.05, 3.63) is 65.4 Å². The number of hydrogen-bond donors (Lipinski definition) is 3. The maximum Gasteiger partial charge on any atom is 0.255 e. The summed E-state index contributed by atoms with van der Waals surface area (Å²) in [4.78, 5) is 16.0. The molecule has 0 spiro atoms. The SMILES string of the molecule is C#Cc1ccc(OCC)c(C(=O)NC(CO)Cc2c[nH]c3ccccc23)c1. The summed E-state index contributed by atoms with van der Waals surface area (Å²) in [5.74, 6) is 2.67. The minimum absolute atomic E-state index is 0.177. The number of amides is 1. The molecular formula is C22H22N2O3. The lowest BCUT2D eigenvalue weighted by atomic mass is 10.0. The van der Waals surface area contributed by atoms with Gasteiger partial charge in [-0.05, 0) is 43.2 Å². The maximum atomic E-state index is 12.8. The quantitative estimate of drug-likeness (QED) is 0.566. The van der Waals surface area contributed by atoms with E-state index < -0.39 is 6.04 Å². The van der Waals surface area contributed by atoms with Crippen molar-refractivity contribution in [3.63, 3.8) is 0 Å². The molecular weight excluding hydrogens is 340 g/mol. The zero-order chi connectivity index (χ0) is 19.2. The van der Waals surface area contributed by atoms with Crippen molar-refractivity contribution in [1.82, 2.24) is 10.3 Å². The van der Waals surface area contributed by atoms with Crippen LogP contribution in [-0.2, 0) is 6.42 Å². The van der Waals surface area contributed by atoms with Gasteiger partial charge in [0.1, 0.15) is 5.75 Å². The Hall–Kier alpha value is -3.23. The highest BCUT2D eigenvalue weighted by molar-refractivity contribution is 5.97. The van der Waals surface area contributed by atoms with Crippen LogP contribution in [0.4, 0.5) is 0 Å². The van der Waals surface area contributed by atoms with Gasteiger partial charge in [-0.15, -0.1) is 6.42 Å². The van der Waals surface area contributed by atoms with Crippen LogP contribution in [0.25, 0.3) is 10.9 Å². The van der Waals surface area contributed by atoms with E-state index in [0.29, 0.717) is 29.9 Å². The van der Waals surface area contributed by atoms with Gasteiger partial charge in [-0.3, -0.25) is 4.79 Å². The summed E-state index contributed by atoms with van der Waals surface area (Å²) in [5, 5.41) is 13.7. The molecule has 3 N–H and O–H groups in total. The molecule has 1 aromatic heterocycles. The molecule has 0 aliphatic heterocycles. The molecule has 0 bridgehead atoms. The molecule has 5 heteroatoms. The molecule has 2 aromatic carbocycles. The average Bonchev–Trinajstić information content (AvgIpc) is 3.10. The molecule has 1 amide bonds. The first-order valence-electron chi connectivity index (χ1n) is 8.86. The minimum Gasteiger partial charge on any atom is -0.493 e. The molecule has 0 aliphatic rings. The van der Waals surface area contributed by atoms with Gasteiger partial charge in [-0.25, -0.2) is 0 Å². The Morgan fingerprint density at radius 2 is 2.15 bits per heavy atom. The number of aromatic nitrogens is 1. The van der Waals surface area contributed by atoms with E-state index in [4.69, 9.17) is 11.2 Å². The predicted octanol–water partition coefficient (Wildman–Crippen LogP) is 2.88. The average molecular weight is 362 g/mol. The van der Waals surface area contributed by atoms with Gasteiger partial charge in [0.2, 0.25) is 0 Å². The highest BCUT2D eigenvalue weighted by atomic mass is 16.5. The number of carbonyl (C=O) groups is 1. The Balaban J connectivity index is 1.80. The van der Waals surface area contributed by atoms with Gasteiger partial charge >= 0.3 is 0 Å². The molecule has 1 heterocycles. The van der Waals surface area contributed by atoms with E-state index in [-0.39, 0.29) is 12.5 Å². The molecule has 1 unspecified atom stereocenters. The van der Waals surface area contributed by atoms with Crippen molar-refractivity contribution in [2.75, 3.05) is 13.2 Å². The molecule has 1 atom stereocenters. The zero-order valence-electron chi connectivity index (χ0n) is 15.2. The number of benzene rings is 2. The Labute approximate surface area is 158 Å². The summed E-state index contributed by atoms with van der Waals surface area (Å²) >= 11 is 0. The third-order valence-electron chi connectivity index (χ3n) is 4.39. The largest absolute Gasteiger partial charge is 0.493 e. The minimum atomic E-state index is -0.430. The van der Waals surface area contributed by atoms with Gasteiger partial charge in [0.25, 0.3) is 5.91 Å². The van der Waals surface area contributed by atoms with Crippen LogP contribution in [0.3, 0.4) is 0 Å². The smallest absolute Gasteiger partial charge is 0.255 e. The third kappa shape index (κ3) is 4.13. The molecule has 0 fully saturated rings. The number of rotatable bonds is 7. The van der Waals surface area contributed by atoms with Crippen molar-refractivity contribution < 1.29 is 14.6 Å². The first kappa shape index (κ1) is 18.6. The molecule has 0 aliphatic carbocycles. The fourth-order valence-electron chi connectivity index (χ4n) is 3.07. The van der Waals surface area contributed by atoms with Crippen LogP contribution in [0.2, 0.25) is 0 Å². The first-order valence-corrected chi connectivity index (χ1v) is 8.86. The number of terminal acetylenes is 1. The van der Waals surface area contributed by atoms with Crippen LogP contribution in [0.15, 0.2) is 48.7 Å². The Bertz CT molecular complexity index is 985. The molecule has 0 saturated heterocycles. The number of fused-ring (bicyclic) bond motifs is 1. The van der Waals surface area contributed by atoms with Gasteiger partial charge < -0.3 is 20.1 Å². The second-order valence-electron chi connectivity index (χ2n) is 6.20. The fourth-order valence-corrected chi connectivity index (χ4v) is 3.07. The number of ether oxygens (including phenoxy) is 1. The fraction of sp³-hybridized carbons (Fsp3) is 0.227. The number of aromatic amines is 1. The van der Waals surface area contributed by atoms with Crippen LogP contribution in [0, 0.1) is 12.3 Å². The molecule has 138 valence electrons. The molecule has 0 saturated carbocycles. The summed E-state index contributed by atoms with van der Waals surface area (Å²) in [5.41, 5.74) is 3.02. The number of para-hydroxylation sites is 1. The van der Waals surface area contributed by atoms with E-state index >= 15 is 0 Å². The lowest BCUT2D eigenvalue weighted by Gasteiger charge is -2.18. The second-order valence-corrected chi connectivity index (χ2v) is 6.20. The summed E-state index contributed by atoms with van der Waals surface area (Å²) in [6, 6.07) is 12.6. The van der Waals surface area contributed by atoms with Crippen molar-refractivity contribution in [2.45, 2.75) is 19.4 Å². The number of carbonyl (C=O) groups excluding carboxylic acids is 1. The third-order valence-corrected chi connectivity index (χ3v) is 4.39. The number of aliphatic hydroxyl groups excluding tert-OH is 1. The second kappa shape index (κ2) is 8.43. The Morgan fingerprint density at radius 1 is 1.33 bits per heavy atom. The lowest BCUT2D eigenvalue weighted by Crippen LogP contribution is -2.39. The van der Waals surface area contributed by atoms with E-state index in [2.05, 4.69) is 16.2 Å². The Kier molecular flexibility index (Phi) is 5.80. The highest BCUT2D eigenvalue weighted by Crippen LogP contribution is 2.22. The van der Waals surface area contributed by atoms with Crippen molar-refractivity contribution in [3.8, 4) is 18.1 Å². The van der Waals surface area contributed by atoms with E-state index in [0.717, 1.165) is 16.5 Å². The van der Waals surface area contributed by atoms with Crippen LogP contribution in [-0.4, -0.2) is 35.3 Å². The maximum absolute atomic E-state index is 12.8. The van der Waals surface area contributed by atoms with Gasteiger partial charge in [0.05, 0.1) is 24.8 Å². The topological polar surface area (TPSA) is 74.3 Å². The summed E-state index contributed by atoms with van der Waals surface area (Å²) < 4.78 is 5.54. The van der Waals surface area contributed by atoms with Crippen LogP contribution in [0.1, 0.15) is 28.4 Å². The molecule has 3 rings (SSSR count). The van der Waals surface area contributed by atoms with Crippen molar-refractivity contribution >= 4 is 16.8 Å². The van der Waals surface area contributed by atoms with Gasteiger partial charge in [0.15, 0.2) is 0 Å². The van der Waals surface area contributed by atoms with Crippen molar-refractivity contribution in [2.24, 2.45) is 0 Å². The number of hydrogen-bond acceptors (Lipinski definition) is 3. The highest BCUT2D eigenvalue weighted by Gasteiger charge is 2.19. The van der Waals surface area contributed by atoms with E-state index in [9.17, 15) is 9.90 Å². The molecule has 27 heavy (non-hydrogen) atoms. The normalized spacial score (nSPS) is 11.7. The van der Waals surface area contributed by atoms with E-state index in [1.54, 1.807) is 18.2 Å². The monoisotopic (exact) mass is 362 g/mol.